The number of rotatable bonds is 10. The molecular weight excluding hydrogens is 468 g/mol. The maximum absolute atomic E-state index is 13.2. The van der Waals surface area contributed by atoms with Gasteiger partial charge in [0.25, 0.3) is 0 Å². The van der Waals surface area contributed by atoms with Gasteiger partial charge in [0.05, 0.1) is 29.4 Å². The van der Waals surface area contributed by atoms with Crippen molar-refractivity contribution in [3.63, 3.8) is 0 Å². The number of ketones is 1. The highest BCUT2D eigenvalue weighted by atomic mass is 35.5. The molecule has 1 aliphatic heterocycles. The van der Waals surface area contributed by atoms with E-state index in [-0.39, 0.29) is 41.9 Å². The number of nitriles is 1. The SMILES string of the molecule is COc1cc(Cl)c2[nH]c(C(=O)C[C@@H](CC3CC3)C(=O)N[C@H](C#N)C[C@@H]3CC(C)(C)NC3=O)cc2c1. The first kappa shape index (κ1) is 25.1. The van der Waals surface area contributed by atoms with Gasteiger partial charge in [0.15, 0.2) is 5.78 Å². The molecule has 0 radical (unpaired) electrons. The maximum Gasteiger partial charge on any atom is 0.224 e. The summed E-state index contributed by atoms with van der Waals surface area (Å²) in [5.74, 6) is -0.464. The average Bonchev–Trinajstić information content (AvgIpc) is 3.43. The normalized spacial score (nSPS) is 20.7. The van der Waals surface area contributed by atoms with E-state index in [1.54, 1.807) is 25.3 Å². The van der Waals surface area contributed by atoms with Gasteiger partial charge in [-0.2, -0.15) is 5.26 Å². The van der Waals surface area contributed by atoms with Gasteiger partial charge in [-0.3, -0.25) is 14.4 Å². The monoisotopic (exact) mass is 498 g/mol. The Morgan fingerprint density at radius 3 is 2.63 bits per heavy atom. The minimum Gasteiger partial charge on any atom is -0.497 e. The number of benzene rings is 1. The number of carbonyl (C=O) groups excluding carboxylic acids is 3. The number of aromatic nitrogens is 1. The lowest BCUT2D eigenvalue weighted by Gasteiger charge is -2.20. The molecule has 4 rings (SSSR count). The molecule has 186 valence electrons. The Bertz CT molecular complexity index is 1190. The van der Waals surface area contributed by atoms with Gasteiger partial charge in [0.1, 0.15) is 11.8 Å². The summed E-state index contributed by atoms with van der Waals surface area (Å²) in [5.41, 5.74) is 0.700. The molecule has 3 atom stereocenters. The van der Waals surface area contributed by atoms with Crippen molar-refractivity contribution in [2.24, 2.45) is 17.8 Å². The number of nitrogens with zero attached hydrogens (tertiary/aromatic N) is 1. The number of hydrogen-bond acceptors (Lipinski definition) is 5. The summed E-state index contributed by atoms with van der Waals surface area (Å²) in [4.78, 5) is 41.6. The first-order valence-corrected chi connectivity index (χ1v) is 12.4. The van der Waals surface area contributed by atoms with Gasteiger partial charge in [-0.05, 0) is 51.2 Å². The number of hydrogen-bond donors (Lipinski definition) is 3. The predicted octanol–water partition coefficient (Wildman–Crippen LogP) is 4.13. The van der Waals surface area contributed by atoms with Crippen LogP contribution in [0.4, 0.5) is 0 Å². The van der Waals surface area contributed by atoms with E-state index in [9.17, 15) is 19.6 Å². The molecule has 3 N–H and O–H groups in total. The third kappa shape index (κ3) is 5.96. The smallest absolute Gasteiger partial charge is 0.224 e. The molecule has 2 amide bonds. The van der Waals surface area contributed by atoms with Crippen molar-refractivity contribution in [1.29, 1.82) is 5.26 Å². The molecular formula is C26H31ClN4O4. The number of halogens is 1. The van der Waals surface area contributed by atoms with Crippen LogP contribution in [-0.2, 0) is 9.59 Å². The number of carbonyl (C=O) groups is 3. The number of aromatic amines is 1. The van der Waals surface area contributed by atoms with Crippen LogP contribution < -0.4 is 15.4 Å². The molecule has 1 saturated heterocycles. The number of amides is 2. The van der Waals surface area contributed by atoms with E-state index in [2.05, 4.69) is 21.7 Å². The Hall–Kier alpha value is -3.05. The van der Waals surface area contributed by atoms with Crippen LogP contribution in [0.15, 0.2) is 18.2 Å². The van der Waals surface area contributed by atoms with Crippen LogP contribution in [0, 0.1) is 29.1 Å². The van der Waals surface area contributed by atoms with Crippen molar-refractivity contribution in [2.45, 2.75) is 64.0 Å². The van der Waals surface area contributed by atoms with Crippen LogP contribution in [0.1, 0.15) is 62.9 Å². The Balaban J connectivity index is 1.45. The summed E-state index contributed by atoms with van der Waals surface area (Å²) < 4.78 is 5.25. The van der Waals surface area contributed by atoms with E-state index in [0.29, 0.717) is 40.7 Å². The molecule has 1 saturated carbocycles. The molecule has 9 heteroatoms. The molecule has 8 nitrogen and oxygen atoms in total. The lowest BCUT2D eigenvalue weighted by atomic mass is 9.90. The zero-order chi connectivity index (χ0) is 25.3. The van der Waals surface area contributed by atoms with Crippen molar-refractivity contribution < 1.29 is 19.1 Å². The fourth-order valence-corrected chi connectivity index (χ4v) is 5.18. The standard InChI is InChI=1S/C26H31ClN4O4/c1-26(2)12-17(25(34)31-26)7-18(13-28)29-24(33)16(6-14-4-5-14)10-22(32)21-9-15-8-19(35-3)11-20(27)23(15)30-21/h8-9,11,14,16-18,30H,4-7,10,12H2,1-3H3,(H,29,33)(H,31,34)/t16-,17-,18+/m1/s1. The van der Waals surface area contributed by atoms with Gasteiger partial charge in [-0.25, -0.2) is 0 Å². The topological polar surface area (TPSA) is 124 Å². The Morgan fingerprint density at radius 2 is 2.03 bits per heavy atom. The van der Waals surface area contributed by atoms with E-state index in [4.69, 9.17) is 16.3 Å². The first-order chi connectivity index (χ1) is 16.6. The molecule has 1 aromatic heterocycles. The van der Waals surface area contributed by atoms with Gasteiger partial charge in [0.2, 0.25) is 11.8 Å². The third-order valence-electron chi connectivity index (χ3n) is 6.89. The summed E-state index contributed by atoms with van der Waals surface area (Å²) in [6.07, 6.45) is 3.57. The molecule has 2 heterocycles. The van der Waals surface area contributed by atoms with Crippen LogP contribution in [0.3, 0.4) is 0 Å². The van der Waals surface area contributed by atoms with Crippen molar-refractivity contribution in [3.05, 3.63) is 28.9 Å². The van der Waals surface area contributed by atoms with Crippen LogP contribution >= 0.6 is 11.6 Å². The Morgan fingerprint density at radius 1 is 1.29 bits per heavy atom. The predicted molar refractivity (Wildman–Crippen MR) is 132 cm³/mol. The second kappa shape index (κ2) is 9.90. The second-order valence-corrected chi connectivity index (χ2v) is 10.9. The number of fused-ring (bicyclic) bond motifs is 1. The molecule has 2 aromatic rings. The number of nitrogens with one attached hydrogen (secondary N) is 3. The zero-order valence-corrected chi connectivity index (χ0v) is 21.0. The van der Waals surface area contributed by atoms with Crippen molar-refractivity contribution in [1.82, 2.24) is 15.6 Å². The quantitative estimate of drug-likeness (QED) is 0.425. The highest BCUT2D eigenvalue weighted by Crippen LogP contribution is 2.37. The molecule has 35 heavy (non-hydrogen) atoms. The Labute approximate surface area is 209 Å². The maximum atomic E-state index is 13.2. The largest absolute Gasteiger partial charge is 0.497 e. The number of methoxy groups -OCH3 is 1. The summed E-state index contributed by atoms with van der Waals surface area (Å²) in [6.45, 7) is 3.88. The molecule has 0 spiro atoms. The van der Waals surface area contributed by atoms with Gasteiger partial charge in [-0.1, -0.05) is 24.4 Å². The lowest BCUT2D eigenvalue weighted by molar-refractivity contribution is -0.127. The minimum atomic E-state index is -0.789. The number of ether oxygens (including phenoxy) is 1. The summed E-state index contributed by atoms with van der Waals surface area (Å²) in [5, 5.41) is 16.6. The summed E-state index contributed by atoms with van der Waals surface area (Å²) >= 11 is 6.32. The highest BCUT2D eigenvalue weighted by molar-refractivity contribution is 6.35. The lowest BCUT2D eigenvalue weighted by Crippen LogP contribution is -2.40. The Kier molecular flexibility index (Phi) is 7.09. The van der Waals surface area contributed by atoms with E-state index >= 15 is 0 Å². The molecule has 0 unspecified atom stereocenters. The van der Waals surface area contributed by atoms with E-state index in [1.165, 1.54) is 0 Å². The third-order valence-corrected chi connectivity index (χ3v) is 7.19. The molecule has 2 aliphatic rings. The van der Waals surface area contributed by atoms with Gasteiger partial charge < -0.3 is 20.4 Å². The van der Waals surface area contributed by atoms with Crippen molar-refractivity contribution in [2.75, 3.05) is 7.11 Å². The van der Waals surface area contributed by atoms with Gasteiger partial charge in [-0.15, -0.1) is 0 Å². The fourth-order valence-electron chi connectivity index (χ4n) is 4.92. The van der Waals surface area contributed by atoms with Crippen LogP contribution in [0.2, 0.25) is 5.02 Å². The minimum absolute atomic E-state index is 0.0268. The molecule has 0 bridgehead atoms. The number of H-pyrrole nitrogens is 1. The van der Waals surface area contributed by atoms with Gasteiger partial charge >= 0.3 is 0 Å². The average molecular weight is 499 g/mol. The van der Waals surface area contributed by atoms with Crippen molar-refractivity contribution in [3.8, 4) is 11.8 Å². The number of Topliss-reactive ketones (excluding diaryl/α,β-unsaturated/α-hetero) is 1. The first-order valence-electron chi connectivity index (χ1n) is 12.0. The van der Waals surface area contributed by atoms with E-state index < -0.39 is 12.0 Å². The summed E-state index contributed by atoms with van der Waals surface area (Å²) in [6, 6.07) is 6.52. The highest BCUT2D eigenvalue weighted by Gasteiger charge is 2.39. The van der Waals surface area contributed by atoms with Crippen LogP contribution in [-0.4, -0.2) is 41.3 Å². The van der Waals surface area contributed by atoms with Crippen molar-refractivity contribution >= 4 is 40.1 Å². The van der Waals surface area contributed by atoms with E-state index in [1.807, 2.05) is 13.8 Å². The zero-order valence-electron chi connectivity index (χ0n) is 20.2. The second-order valence-electron chi connectivity index (χ2n) is 10.5. The van der Waals surface area contributed by atoms with Crippen LogP contribution in [0.5, 0.6) is 5.75 Å². The van der Waals surface area contributed by atoms with Gasteiger partial charge in [0, 0.05) is 35.2 Å². The molecule has 1 aromatic carbocycles. The molecule has 1 aliphatic carbocycles. The fraction of sp³-hybridized carbons (Fsp3) is 0.538. The van der Waals surface area contributed by atoms with E-state index in [0.717, 1.165) is 18.2 Å². The summed E-state index contributed by atoms with van der Waals surface area (Å²) in [7, 11) is 1.55. The van der Waals surface area contributed by atoms with Crippen LogP contribution in [0.25, 0.3) is 10.9 Å². The molecule has 2 fully saturated rings.